The Morgan fingerprint density at radius 2 is 1.68 bits per heavy atom. The molecule has 1 N–H and O–H groups in total. The molecule has 10 heteroatoms. The summed E-state index contributed by atoms with van der Waals surface area (Å²) in [4.78, 5) is 29.1. The molecule has 2 amide bonds. The predicted octanol–water partition coefficient (Wildman–Crippen LogP) is 4.78. The van der Waals surface area contributed by atoms with Gasteiger partial charge in [-0.15, -0.1) is 0 Å². The van der Waals surface area contributed by atoms with Crippen molar-refractivity contribution < 1.29 is 22.7 Å². The van der Waals surface area contributed by atoms with E-state index in [0.29, 0.717) is 18.0 Å². The molecule has 0 bridgehead atoms. The van der Waals surface area contributed by atoms with Gasteiger partial charge in [0.15, 0.2) is 0 Å². The van der Waals surface area contributed by atoms with Gasteiger partial charge in [0.2, 0.25) is 21.8 Å². The molecule has 0 unspecified atom stereocenters. The highest BCUT2D eigenvalue weighted by atomic mass is 79.9. The Hall–Kier alpha value is -3.37. The third kappa shape index (κ3) is 9.09. The molecular formula is C30H36BrN3O5S. The number of carbonyl (C=O) groups excluding carboxylic acids is 2. The predicted molar refractivity (Wildman–Crippen MR) is 162 cm³/mol. The van der Waals surface area contributed by atoms with Crippen LogP contribution in [0.3, 0.4) is 0 Å². The topological polar surface area (TPSA) is 96.0 Å². The zero-order valence-corrected chi connectivity index (χ0v) is 25.4. The standard InChI is InChI=1S/C30H36BrN3O5S/c1-4-5-18-32-30(36)28(19-23-10-7-6-8-11-23)33(21-24-14-16-25(31)17-15-24)29(35)22-34(40(3,37)38)26-12-9-13-27(20-26)39-2/h6-17,20,28H,4-5,18-19,21-22H2,1-3H3,(H,32,36)/t28-/m1/s1. The fourth-order valence-electron chi connectivity index (χ4n) is 4.23. The third-order valence-electron chi connectivity index (χ3n) is 6.39. The maximum Gasteiger partial charge on any atom is 0.244 e. The lowest BCUT2D eigenvalue weighted by atomic mass is 10.0. The number of anilines is 1. The zero-order valence-electron chi connectivity index (χ0n) is 23.0. The smallest absolute Gasteiger partial charge is 0.244 e. The van der Waals surface area contributed by atoms with E-state index in [1.165, 1.54) is 12.0 Å². The number of unbranched alkanes of at least 4 members (excludes halogenated alkanes) is 1. The van der Waals surface area contributed by atoms with Gasteiger partial charge < -0.3 is 15.0 Å². The minimum Gasteiger partial charge on any atom is -0.497 e. The summed E-state index contributed by atoms with van der Waals surface area (Å²) < 4.78 is 33.0. The summed E-state index contributed by atoms with van der Waals surface area (Å²) in [5.74, 6) is -0.319. The number of nitrogens with zero attached hydrogens (tertiary/aromatic N) is 2. The lowest BCUT2D eigenvalue weighted by molar-refractivity contribution is -0.140. The van der Waals surface area contributed by atoms with Gasteiger partial charge >= 0.3 is 0 Å². The van der Waals surface area contributed by atoms with E-state index in [2.05, 4.69) is 21.2 Å². The molecule has 0 radical (unpaired) electrons. The van der Waals surface area contributed by atoms with Crippen molar-refractivity contribution in [3.63, 3.8) is 0 Å². The third-order valence-corrected chi connectivity index (χ3v) is 8.06. The lowest BCUT2D eigenvalue weighted by Crippen LogP contribution is -2.53. The molecule has 214 valence electrons. The van der Waals surface area contributed by atoms with Gasteiger partial charge in [0.05, 0.1) is 19.1 Å². The van der Waals surface area contributed by atoms with E-state index in [1.807, 2.05) is 61.5 Å². The van der Waals surface area contributed by atoms with E-state index >= 15 is 0 Å². The molecule has 40 heavy (non-hydrogen) atoms. The molecule has 0 spiro atoms. The number of methoxy groups -OCH3 is 1. The Labute approximate surface area is 245 Å². The largest absolute Gasteiger partial charge is 0.497 e. The molecule has 8 nitrogen and oxygen atoms in total. The fraction of sp³-hybridized carbons (Fsp3) is 0.333. The van der Waals surface area contributed by atoms with E-state index in [9.17, 15) is 18.0 Å². The van der Waals surface area contributed by atoms with Crippen LogP contribution in [0.5, 0.6) is 5.75 Å². The number of hydrogen-bond donors (Lipinski definition) is 1. The van der Waals surface area contributed by atoms with Gasteiger partial charge in [-0.05, 0) is 41.8 Å². The number of amides is 2. The Kier molecular flexibility index (Phi) is 11.6. The van der Waals surface area contributed by atoms with E-state index in [1.54, 1.807) is 24.3 Å². The second kappa shape index (κ2) is 14.9. The normalized spacial score (nSPS) is 11.9. The van der Waals surface area contributed by atoms with E-state index in [0.717, 1.165) is 39.0 Å². The number of rotatable bonds is 14. The van der Waals surface area contributed by atoms with Gasteiger partial charge in [0.25, 0.3) is 0 Å². The minimum absolute atomic E-state index is 0.126. The van der Waals surface area contributed by atoms with Crippen molar-refractivity contribution in [2.45, 2.75) is 38.8 Å². The van der Waals surface area contributed by atoms with Crippen LogP contribution in [0.15, 0.2) is 83.3 Å². The molecule has 0 aliphatic rings. The van der Waals surface area contributed by atoms with Crippen molar-refractivity contribution >= 4 is 43.5 Å². The number of sulfonamides is 1. The highest BCUT2D eigenvalue weighted by Gasteiger charge is 2.33. The van der Waals surface area contributed by atoms with Crippen LogP contribution >= 0.6 is 15.9 Å². The maximum atomic E-state index is 14.1. The molecule has 0 heterocycles. The van der Waals surface area contributed by atoms with Crippen LogP contribution in [-0.2, 0) is 32.6 Å². The summed E-state index contributed by atoms with van der Waals surface area (Å²) in [6.07, 6.45) is 3.05. The highest BCUT2D eigenvalue weighted by Crippen LogP contribution is 2.24. The summed E-state index contributed by atoms with van der Waals surface area (Å²) in [6.45, 7) is 2.17. The average molecular weight is 631 g/mol. The van der Waals surface area contributed by atoms with Crippen LogP contribution in [-0.4, -0.2) is 57.6 Å². The molecule has 0 aliphatic heterocycles. The van der Waals surface area contributed by atoms with Crippen molar-refractivity contribution in [2.24, 2.45) is 0 Å². The van der Waals surface area contributed by atoms with Crippen molar-refractivity contribution in [1.82, 2.24) is 10.2 Å². The Morgan fingerprint density at radius 1 is 0.975 bits per heavy atom. The van der Waals surface area contributed by atoms with Crippen LogP contribution < -0.4 is 14.4 Å². The number of ether oxygens (including phenoxy) is 1. The first-order valence-electron chi connectivity index (χ1n) is 13.1. The molecule has 3 aromatic rings. The van der Waals surface area contributed by atoms with Crippen molar-refractivity contribution in [3.05, 3.63) is 94.5 Å². The van der Waals surface area contributed by atoms with Crippen molar-refractivity contribution in [3.8, 4) is 5.75 Å². The lowest BCUT2D eigenvalue weighted by Gasteiger charge is -2.33. The molecule has 0 fully saturated rings. The Morgan fingerprint density at radius 3 is 2.30 bits per heavy atom. The average Bonchev–Trinajstić information content (AvgIpc) is 2.94. The molecule has 3 rings (SSSR count). The summed E-state index contributed by atoms with van der Waals surface area (Å²) in [5, 5.41) is 2.98. The number of halogens is 1. The van der Waals surface area contributed by atoms with E-state index < -0.39 is 28.5 Å². The van der Waals surface area contributed by atoms with Crippen LogP contribution in [0.4, 0.5) is 5.69 Å². The molecule has 3 aromatic carbocycles. The molecule has 1 atom stereocenters. The van der Waals surface area contributed by atoms with Crippen molar-refractivity contribution in [1.29, 1.82) is 0 Å². The number of nitrogens with one attached hydrogen (secondary N) is 1. The Balaban J connectivity index is 2.03. The van der Waals surface area contributed by atoms with Crippen LogP contribution in [0.2, 0.25) is 0 Å². The maximum absolute atomic E-state index is 14.1. The highest BCUT2D eigenvalue weighted by molar-refractivity contribution is 9.10. The quantitative estimate of drug-likeness (QED) is 0.259. The second-order valence-corrected chi connectivity index (χ2v) is 12.3. The monoisotopic (exact) mass is 629 g/mol. The van der Waals surface area contributed by atoms with Crippen LogP contribution in [0.25, 0.3) is 0 Å². The van der Waals surface area contributed by atoms with Gasteiger partial charge in [-0.1, -0.05) is 77.8 Å². The molecule has 0 saturated heterocycles. The molecular weight excluding hydrogens is 594 g/mol. The van der Waals surface area contributed by atoms with Crippen molar-refractivity contribution in [2.75, 3.05) is 30.8 Å². The summed E-state index contributed by atoms with van der Waals surface area (Å²) >= 11 is 3.44. The first-order valence-corrected chi connectivity index (χ1v) is 15.7. The first-order chi connectivity index (χ1) is 19.1. The zero-order chi connectivity index (χ0) is 29.1. The van der Waals surface area contributed by atoms with Gasteiger partial charge in [-0.3, -0.25) is 13.9 Å². The summed E-state index contributed by atoms with van der Waals surface area (Å²) in [5.41, 5.74) is 1.99. The summed E-state index contributed by atoms with van der Waals surface area (Å²) in [6, 6.07) is 22.6. The second-order valence-electron chi connectivity index (χ2n) is 9.47. The fourth-order valence-corrected chi connectivity index (χ4v) is 5.33. The SMILES string of the molecule is CCCCNC(=O)[C@@H](Cc1ccccc1)N(Cc1ccc(Br)cc1)C(=O)CN(c1cccc(OC)c1)S(C)(=O)=O. The van der Waals surface area contributed by atoms with Gasteiger partial charge in [-0.2, -0.15) is 0 Å². The van der Waals surface area contributed by atoms with Crippen LogP contribution in [0.1, 0.15) is 30.9 Å². The number of hydrogen-bond acceptors (Lipinski definition) is 5. The van der Waals surface area contributed by atoms with E-state index in [4.69, 9.17) is 4.74 Å². The number of benzene rings is 3. The number of carbonyl (C=O) groups is 2. The minimum atomic E-state index is -3.85. The first kappa shape index (κ1) is 31.2. The van der Waals surface area contributed by atoms with Crippen LogP contribution in [0, 0.1) is 0 Å². The molecule has 0 aliphatic carbocycles. The van der Waals surface area contributed by atoms with Gasteiger partial charge in [-0.25, -0.2) is 8.42 Å². The molecule has 0 saturated carbocycles. The summed E-state index contributed by atoms with van der Waals surface area (Å²) in [7, 11) is -2.36. The van der Waals surface area contributed by atoms with Gasteiger partial charge in [0, 0.05) is 30.0 Å². The Bertz CT molecular complexity index is 1370. The van der Waals surface area contributed by atoms with Gasteiger partial charge in [0.1, 0.15) is 18.3 Å². The molecule has 0 aromatic heterocycles. The van der Waals surface area contributed by atoms with E-state index in [-0.39, 0.29) is 18.9 Å².